The molecular weight excluding hydrogens is 260 g/mol. The van der Waals surface area contributed by atoms with Crippen molar-refractivity contribution in [3.63, 3.8) is 0 Å². The molecule has 1 radical (unpaired) electrons. The Kier molecular flexibility index (Phi) is 3.88. The molecule has 3 aromatic rings. The summed E-state index contributed by atoms with van der Waals surface area (Å²) in [5, 5.41) is 9.62. The van der Waals surface area contributed by atoms with Crippen LogP contribution < -0.4 is 4.74 Å². The Labute approximate surface area is 124 Å². The average Bonchev–Trinajstić information content (AvgIpc) is 2.54. The lowest BCUT2D eigenvalue weighted by atomic mass is 10.0. The molecule has 0 atom stereocenters. The van der Waals surface area contributed by atoms with Crippen molar-refractivity contribution in [3.05, 3.63) is 84.4 Å². The number of phenols is 1. The molecule has 0 saturated carbocycles. The number of phenolic OH excluding ortho intramolecular Hbond substituents is 1. The summed E-state index contributed by atoms with van der Waals surface area (Å²) in [5.74, 6) is 0.928. The molecule has 0 aliphatic rings. The van der Waals surface area contributed by atoms with E-state index in [1.54, 1.807) is 12.1 Å². The van der Waals surface area contributed by atoms with Gasteiger partial charge in [0.05, 0.1) is 0 Å². The Morgan fingerprint density at radius 1 is 0.905 bits per heavy atom. The maximum absolute atomic E-state index is 9.62. The van der Waals surface area contributed by atoms with Crippen molar-refractivity contribution in [1.82, 2.24) is 0 Å². The summed E-state index contributed by atoms with van der Waals surface area (Å²) in [6.45, 7) is 0.493. The molecule has 0 aliphatic carbocycles. The van der Waals surface area contributed by atoms with E-state index in [4.69, 9.17) is 4.74 Å². The first-order valence-corrected chi connectivity index (χ1v) is 6.80. The quantitative estimate of drug-likeness (QED) is 0.762. The number of aromatic hydroxyl groups is 1. The van der Waals surface area contributed by atoms with E-state index in [1.807, 2.05) is 60.7 Å². The van der Waals surface area contributed by atoms with Gasteiger partial charge >= 0.3 is 0 Å². The van der Waals surface area contributed by atoms with E-state index in [0.717, 1.165) is 16.7 Å². The zero-order chi connectivity index (χ0) is 14.5. The second-order valence-corrected chi connectivity index (χ2v) is 4.74. The van der Waals surface area contributed by atoms with Gasteiger partial charge in [-0.1, -0.05) is 60.7 Å². The van der Waals surface area contributed by atoms with Gasteiger partial charge in [-0.15, -0.1) is 0 Å². The summed E-state index contributed by atoms with van der Waals surface area (Å²) in [4.78, 5) is 0. The summed E-state index contributed by atoms with van der Waals surface area (Å²) < 4.78 is 5.88. The van der Waals surface area contributed by atoms with Crippen LogP contribution in [0.25, 0.3) is 11.1 Å². The minimum atomic E-state index is 0.241. The highest BCUT2D eigenvalue weighted by atomic mass is 16.5. The molecule has 3 rings (SSSR count). The Hall–Kier alpha value is -2.74. The van der Waals surface area contributed by atoms with E-state index >= 15 is 0 Å². The first-order chi connectivity index (χ1) is 10.3. The monoisotopic (exact) mass is 275 g/mol. The van der Waals surface area contributed by atoms with Crippen LogP contribution in [0.4, 0.5) is 0 Å². The van der Waals surface area contributed by atoms with Crippen molar-refractivity contribution in [2.75, 3.05) is 0 Å². The van der Waals surface area contributed by atoms with Crippen LogP contribution in [0.5, 0.6) is 11.5 Å². The molecule has 3 aromatic carbocycles. The van der Waals surface area contributed by atoms with Crippen molar-refractivity contribution in [1.29, 1.82) is 0 Å². The summed E-state index contributed by atoms with van der Waals surface area (Å²) in [5.41, 5.74) is 2.94. The zero-order valence-electron chi connectivity index (χ0n) is 11.5. The maximum atomic E-state index is 9.62. The van der Waals surface area contributed by atoms with Crippen LogP contribution in [0.2, 0.25) is 0 Å². The number of benzene rings is 3. The second-order valence-electron chi connectivity index (χ2n) is 4.74. The van der Waals surface area contributed by atoms with E-state index in [0.29, 0.717) is 12.4 Å². The van der Waals surface area contributed by atoms with Crippen molar-refractivity contribution < 1.29 is 9.84 Å². The Morgan fingerprint density at radius 2 is 1.76 bits per heavy atom. The molecule has 0 bridgehead atoms. The fraction of sp³-hybridized carbons (Fsp3) is 0.0526. The summed E-state index contributed by atoms with van der Waals surface area (Å²) in [7, 11) is 0. The maximum Gasteiger partial charge on any atom is 0.135 e. The summed E-state index contributed by atoms with van der Waals surface area (Å²) in [6.07, 6.45) is 0. The molecule has 0 amide bonds. The van der Waals surface area contributed by atoms with E-state index in [9.17, 15) is 5.11 Å². The minimum absolute atomic E-state index is 0.241. The molecule has 2 heteroatoms. The third kappa shape index (κ3) is 3.23. The van der Waals surface area contributed by atoms with Gasteiger partial charge in [0.25, 0.3) is 0 Å². The smallest absolute Gasteiger partial charge is 0.135 e. The van der Waals surface area contributed by atoms with Gasteiger partial charge in [-0.3, -0.25) is 0 Å². The molecular formula is C19H15O2. The molecule has 0 spiro atoms. The normalized spacial score (nSPS) is 10.3. The molecule has 21 heavy (non-hydrogen) atoms. The standard InChI is InChI=1S/C19H15O2/c20-17-10-6-9-16(13-17)18-11-4-5-12-19(18)21-14-15-7-2-1-3-8-15/h1-11,13,20H,14H2. The molecule has 103 valence electrons. The van der Waals surface area contributed by atoms with Gasteiger partial charge in [0.15, 0.2) is 0 Å². The van der Waals surface area contributed by atoms with Crippen molar-refractivity contribution >= 4 is 0 Å². The fourth-order valence-electron chi connectivity index (χ4n) is 2.17. The SMILES string of the molecule is Oc1cccc(-c2ccc[c]c2OCc2ccccc2)c1. The van der Waals surface area contributed by atoms with E-state index < -0.39 is 0 Å². The molecule has 0 saturated heterocycles. The topological polar surface area (TPSA) is 29.5 Å². The molecule has 0 fully saturated rings. The molecule has 0 aliphatic heterocycles. The fourth-order valence-corrected chi connectivity index (χ4v) is 2.17. The minimum Gasteiger partial charge on any atom is -0.508 e. The predicted octanol–water partition coefficient (Wildman–Crippen LogP) is 4.44. The number of para-hydroxylation sites is 1. The van der Waals surface area contributed by atoms with Gasteiger partial charge in [0, 0.05) is 11.6 Å². The third-order valence-electron chi connectivity index (χ3n) is 3.20. The van der Waals surface area contributed by atoms with Crippen molar-refractivity contribution in [2.45, 2.75) is 6.61 Å². The average molecular weight is 275 g/mol. The van der Waals surface area contributed by atoms with Gasteiger partial charge in [0.2, 0.25) is 0 Å². The molecule has 0 unspecified atom stereocenters. The van der Waals surface area contributed by atoms with Crippen LogP contribution in [0.15, 0.2) is 72.8 Å². The largest absolute Gasteiger partial charge is 0.508 e. The highest BCUT2D eigenvalue weighted by Crippen LogP contribution is 2.31. The third-order valence-corrected chi connectivity index (χ3v) is 3.20. The molecule has 2 nitrogen and oxygen atoms in total. The Morgan fingerprint density at radius 3 is 2.57 bits per heavy atom. The van der Waals surface area contributed by atoms with Gasteiger partial charge in [-0.25, -0.2) is 0 Å². The van der Waals surface area contributed by atoms with Crippen LogP contribution in [-0.2, 0) is 6.61 Å². The molecule has 1 N–H and O–H groups in total. The first kappa shape index (κ1) is 13.3. The van der Waals surface area contributed by atoms with Crippen LogP contribution >= 0.6 is 0 Å². The summed E-state index contributed by atoms with van der Waals surface area (Å²) in [6, 6.07) is 26.0. The highest BCUT2D eigenvalue weighted by Gasteiger charge is 2.07. The van der Waals surface area contributed by atoms with Crippen LogP contribution in [0, 0.1) is 6.07 Å². The molecule has 0 aromatic heterocycles. The van der Waals surface area contributed by atoms with Gasteiger partial charge in [-0.2, -0.15) is 0 Å². The lowest BCUT2D eigenvalue weighted by molar-refractivity contribution is 0.307. The number of hydrogen-bond acceptors (Lipinski definition) is 2. The zero-order valence-corrected chi connectivity index (χ0v) is 11.5. The highest BCUT2D eigenvalue weighted by molar-refractivity contribution is 5.71. The summed E-state index contributed by atoms with van der Waals surface area (Å²) >= 11 is 0. The Balaban J connectivity index is 1.86. The van der Waals surface area contributed by atoms with Gasteiger partial charge < -0.3 is 9.84 Å². The van der Waals surface area contributed by atoms with Crippen LogP contribution in [0.1, 0.15) is 5.56 Å². The van der Waals surface area contributed by atoms with Crippen molar-refractivity contribution in [2.24, 2.45) is 0 Å². The van der Waals surface area contributed by atoms with E-state index in [1.165, 1.54) is 0 Å². The Bertz CT molecular complexity index is 720. The van der Waals surface area contributed by atoms with Crippen molar-refractivity contribution in [3.8, 4) is 22.6 Å². The first-order valence-electron chi connectivity index (χ1n) is 6.80. The number of rotatable bonds is 4. The van der Waals surface area contributed by atoms with Crippen LogP contribution in [0.3, 0.4) is 0 Å². The van der Waals surface area contributed by atoms with E-state index in [-0.39, 0.29) is 5.75 Å². The lowest BCUT2D eigenvalue weighted by Gasteiger charge is -2.11. The number of ether oxygens (including phenoxy) is 1. The predicted molar refractivity (Wildman–Crippen MR) is 83.2 cm³/mol. The number of hydrogen-bond donors (Lipinski definition) is 1. The van der Waals surface area contributed by atoms with Gasteiger partial charge in [0.1, 0.15) is 18.1 Å². The van der Waals surface area contributed by atoms with Gasteiger partial charge in [-0.05, 0) is 23.3 Å². The van der Waals surface area contributed by atoms with Crippen LogP contribution in [-0.4, -0.2) is 5.11 Å². The van der Waals surface area contributed by atoms with E-state index in [2.05, 4.69) is 6.07 Å². The lowest BCUT2D eigenvalue weighted by Crippen LogP contribution is -1.96. The second kappa shape index (κ2) is 6.14. The molecule has 0 heterocycles.